The highest BCUT2D eigenvalue weighted by molar-refractivity contribution is 14.0. The monoisotopic (exact) mass is 492 g/mol. The second-order valence-electron chi connectivity index (χ2n) is 6.98. The highest BCUT2D eigenvalue weighted by Gasteiger charge is 2.34. The molecule has 2 aromatic rings. The van der Waals surface area contributed by atoms with Gasteiger partial charge in [0.25, 0.3) is 0 Å². The van der Waals surface area contributed by atoms with E-state index in [1.165, 1.54) is 0 Å². The molecule has 1 aliphatic heterocycles. The van der Waals surface area contributed by atoms with Gasteiger partial charge in [0.2, 0.25) is 0 Å². The fourth-order valence-corrected chi connectivity index (χ4v) is 3.19. The van der Waals surface area contributed by atoms with E-state index in [2.05, 4.69) is 20.6 Å². The van der Waals surface area contributed by atoms with Crippen LogP contribution in [0.1, 0.15) is 26.5 Å². The van der Waals surface area contributed by atoms with Crippen LogP contribution >= 0.6 is 35.3 Å². The number of thiazole rings is 1. The minimum absolute atomic E-state index is 0. The number of imidazole rings is 1. The number of halogens is 1. The quantitative estimate of drug-likeness (QED) is 0.391. The maximum absolute atomic E-state index is 11.9. The largest absolute Gasteiger partial charge is 0.444 e. The first-order chi connectivity index (χ1) is 11.8. The standard InChI is InChI=1S/C16H24N6O2S.HI/c1-16(2,3)24-15(23)22-9-12(10-22)19-13(17-4)18-7-11-8-21-5-6-25-14(21)20-11;/h5-6,8,12H,7,9-10H2,1-4H3,(H2,17,18,19);1H. The third-order valence-corrected chi connectivity index (χ3v) is 4.45. The summed E-state index contributed by atoms with van der Waals surface area (Å²) in [5, 5.41) is 8.56. The molecule has 1 saturated heterocycles. The van der Waals surface area contributed by atoms with Crippen LogP contribution in [0.4, 0.5) is 4.79 Å². The number of fused-ring (bicyclic) bond motifs is 1. The van der Waals surface area contributed by atoms with Crippen LogP contribution in [0.3, 0.4) is 0 Å². The number of rotatable bonds is 3. The lowest BCUT2D eigenvalue weighted by atomic mass is 10.1. The molecule has 0 aromatic carbocycles. The molecular weight excluding hydrogens is 467 g/mol. The average Bonchev–Trinajstić information content (AvgIpc) is 3.04. The van der Waals surface area contributed by atoms with Crippen molar-refractivity contribution in [2.45, 2.75) is 39.0 Å². The van der Waals surface area contributed by atoms with Crippen molar-refractivity contribution in [3.05, 3.63) is 23.5 Å². The molecule has 3 rings (SSSR count). The zero-order valence-electron chi connectivity index (χ0n) is 15.4. The van der Waals surface area contributed by atoms with E-state index in [0.29, 0.717) is 25.6 Å². The van der Waals surface area contributed by atoms with E-state index in [4.69, 9.17) is 4.74 Å². The topological polar surface area (TPSA) is 83.3 Å². The van der Waals surface area contributed by atoms with Crippen LogP contribution < -0.4 is 10.6 Å². The Morgan fingerprint density at radius 2 is 2.19 bits per heavy atom. The molecule has 0 radical (unpaired) electrons. The molecule has 10 heteroatoms. The summed E-state index contributed by atoms with van der Waals surface area (Å²) in [6, 6.07) is 0.171. The van der Waals surface area contributed by atoms with E-state index in [9.17, 15) is 4.79 Å². The van der Waals surface area contributed by atoms with Gasteiger partial charge in [-0.25, -0.2) is 9.78 Å². The number of likely N-dealkylation sites (tertiary alicyclic amines) is 1. The van der Waals surface area contributed by atoms with Crippen LogP contribution in [0.5, 0.6) is 0 Å². The lowest BCUT2D eigenvalue weighted by Gasteiger charge is -2.40. The van der Waals surface area contributed by atoms with E-state index in [1.807, 2.05) is 42.9 Å². The molecule has 1 fully saturated rings. The number of hydrogen-bond donors (Lipinski definition) is 2. The van der Waals surface area contributed by atoms with Gasteiger partial charge in [0.1, 0.15) is 5.60 Å². The first kappa shape index (κ1) is 20.7. The maximum atomic E-state index is 11.9. The summed E-state index contributed by atoms with van der Waals surface area (Å²) in [6.07, 6.45) is 3.72. The molecule has 1 amide bonds. The van der Waals surface area contributed by atoms with E-state index in [0.717, 1.165) is 10.7 Å². The molecule has 0 unspecified atom stereocenters. The van der Waals surface area contributed by atoms with E-state index in [-0.39, 0.29) is 36.1 Å². The zero-order valence-corrected chi connectivity index (χ0v) is 18.5. The van der Waals surface area contributed by atoms with Gasteiger partial charge in [0.15, 0.2) is 10.9 Å². The van der Waals surface area contributed by atoms with Gasteiger partial charge in [-0.1, -0.05) is 0 Å². The van der Waals surface area contributed by atoms with Gasteiger partial charge >= 0.3 is 6.09 Å². The number of carbonyl (C=O) groups is 1. The van der Waals surface area contributed by atoms with E-state index >= 15 is 0 Å². The SMILES string of the molecule is CN=C(NCc1cn2ccsc2n1)NC1CN(C(=O)OC(C)(C)C)C1.I. The van der Waals surface area contributed by atoms with Crippen LogP contribution in [0.2, 0.25) is 0 Å². The van der Waals surface area contributed by atoms with Crippen molar-refractivity contribution in [1.29, 1.82) is 0 Å². The van der Waals surface area contributed by atoms with Crippen molar-refractivity contribution in [3.8, 4) is 0 Å². The normalized spacial score (nSPS) is 15.4. The molecule has 2 aromatic heterocycles. The molecule has 26 heavy (non-hydrogen) atoms. The number of nitrogens with zero attached hydrogens (tertiary/aromatic N) is 4. The summed E-state index contributed by atoms with van der Waals surface area (Å²) in [7, 11) is 1.73. The number of aliphatic imine (C=N–C) groups is 1. The van der Waals surface area contributed by atoms with Crippen molar-refractivity contribution in [1.82, 2.24) is 24.9 Å². The smallest absolute Gasteiger partial charge is 0.410 e. The van der Waals surface area contributed by atoms with Gasteiger partial charge < -0.3 is 20.3 Å². The summed E-state index contributed by atoms with van der Waals surface area (Å²) < 4.78 is 7.35. The van der Waals surface area contributed by atoms with Crippen LogP contribution in [-0.4, -0.2) is 58.1 Å². The van der Waals surface area contributed by atoms with Gasteiger partial charge in [-0.2, -0.15) is 0 Å². The second kappa shape index (κ2) is 8.42. The maximum Gasteiger partial charge on any atom is 0.410 e. The van der Waals surface area contributed by atoms with Crippen molar-refractivity contribution in [3.63, 3.8) is 0 Å². The molecule has 144 valence electrons. The van der Waals surface area contributed by atoms with Crippen molar-refractivity contribution < 1.29 is 9.53 Å². The first-order valence-corrected chi connectivity index (χ1v) is 9.08. The fourth-order valence-electron chi connectivity index (χ4n) is 2.47. The lowest BCUT2D eigenvalue weighted by Crippen LogP contribution is -2.63. The van der Waals surface area contributed by atoms with Crippen molar-refractivity contribution in [2.24, 2.45) is 4.99 Å². The molecule has 0 spiro atoms. The Balaban J connectivity index is 0.00000243. The second-order valence-corrected chi connectivity index (χ2v) is 7.85. The van der Waals surface area contributed by atoms with Crippen LogP contribution in [0.15, 0.2) is 22.8 Å². The van der Waals surface area contributed by atoms with Gasteiger partial charge in [-0.3, -0.25) is 9.39 Å². The van der Waals surface area contributed by atoms with Gasteiger partial charge in [-0.05, 0) is 20.8 Å². The summed E-state index contributed by atoms with van der Waals surface area (Å²) in [4.78, 5) is 23.3. The first-order valence-electron chi connectivity index (χ1n) is 8.20. The van der Waals surface area contributed by atoms with Crippen molar-refractivity contribution in [2.75, 3.05) is 20.1 Å². The Kier molecular flexibility index (Phi) is 6.72. The zero-order chi connectivity index (χ0) is 18.0. The van der Waals surface area contributed by atoms with E-state index in [1.54, 1.807) is 23.3 Å². The number of nitrogens with one attached hydrogen (secondary N) is 2. The molecule has 0 atom stereocenters. The highest BCUT2D eigenvalue weighted by Crippen LogP contribution is 2.15. The number of guanidine groups is 1. The van der Waals surface area contributed by atoms with Crippen LogP contribution in [0, 0.1) is 0 Å². The molecule has 0 saturated carbocycles. The predicted molar refractivity (Wildman–Crippen MR) is 113 cm³/mol. The lowest BCUT2D eigenvalue weighted by molar-refractivity contribution is 0.00701. The van der Waals surface area contributed by atoms with Crippen LogP contribution in [0.25, 0.3) is 4.96 Å². The highest BCUT2D eigenvalue weighted by atomic mass is 127. The van der Waals surface area contributed by atoms with Crippen molar-refractivity contribution >= 4 is 52.3 Å². The molecule has 8 nitrogen and oxygen atoms in total. The number of ether oxygens (including phenoxy) is 1. The Labute approximate surface area is 174 Å². The van der Waals surface area contributed by atoms with Gasteiger partial charge in [0, 0.05) is 37.9 Å². The van der Waals surface area contributed by atoms with Crippen LogP contribution in [-0.2, 0) is 11.3 Å². The third-order valence-electron chi connectivity index (χ3n) is 3.68. The Bertz CT molecular complexity index is 747. The number of carbonyl (C=O) groups excluding carboxylic acids is 1. The van der Waals surface area contributed by atoms with Gasteiger partial charge in [-0.15, -0.1) is 35.3 Å². The van der Waals surface area contributed by atoms with E-state index < -0.39 is 5.60 Å². The summed E-state index contributed by atoms with van der Waals surface area (Å²) in [5.74, 6) is 0.699. The molecule has 1 aliphatic rings. The number of hydrogen-bond acceptors (Lipinski definition) is 5. The minimum atomic E-state index is -0.467. The summed E-state index contributed by atoms with van der Waals surface area (Å²) >= 11 is 1.61. The number of amides is 1. The molecular formula is C16H25IN6O2S. The van der Waals surface area contributed by atoms with Gasteiger partial charge in [0.05, 0.1) is 18.3 Å². The predicted octanol–water partition coefficient (Wildman–Crippen LogP) is 2.30. The minimum Gasteiger partial charge on any atom is -0.444 e. The Hall–Kier alpha value is -1.56. The third kappa shape index (κ3) is 5.22. The summed E-state index contributed by atoms with van der Waals surface area (Å²) in [5.41, 5.74) is 0.490. The Morgan fingerprint density at radius 1 is 1.46 bits per heavy atom. The summed E-state index contributed by atoms with van der Waals surface area (Å²) in [6.45, 7) is 7.41. The molecule has 0 bridgehead atoms. The fraction of sp³-hybridized carbons (Fsp3) is 0.562. The molecule has 0 aliphatic carbocycles. The average molecular weight is 492 g/mol. The molecule has 3 heterocycles. The molecule has 2 N–H and O–H groups in total. The number of aromatic nitrogens is 2. The Morgan fingerprint density at radius 3 is 2.81 bits per heavy atom.